The van der Waals surface area contributed by atoms with Gasteiger partial charge in [0.25, 0.3) is 5.91 Å². The van der Waals surface area contributed by atoms with E-state index in [1.807, 2.05) is 24.3 Å². The monoisotopic (exact) mass is 382 g/mol. The average Bonchev–Trinajstić information content (AvgIpc) is 2.67. The first-order chi connectivity index (χ1) is 13.4. The van der Waals surface area contributed by atoms with E-state index in [9.17, 15) is 14.4 Å². The molecular formula is C22H26N2O4. The molecule has 0 bridgehead atoms. The van der Waals surface area contributed by atoms with E-state index in [0.717, 1.165) is 12.0 Å². The first kappa shape index (κ1) is 21.2. The Kier molecular flexibility index (Phi) is 7.75. The normalized spacial score (nSPS) is 11.4. The molecule has 1 atom stereocenters. The lowest BCUT2D eigenvalue weighted by atomic mass is 9.99. The van der Waals surface area contributed by atoms with Crippen molar-refractivity contribution in [2.75, 3.05) is 17.2 Å². The van der Waals surface area contributed by atoms with Crippen LogP contribution >= 0.6 is 0 Å². The summed E-state index contributed by atoms with van der Waals surface area (Å²) in [4.78, 5) is 34.9. The summed E-state index contributed by atoms with van der Waals surface area (Å²) in [6, 6.07) is 14.5. The van der Waals surface area contributed by atoms with Crippen LogP contribution in [0.2, 0.25) is 0 Å². The summed E-state index contributed by atoms with van der Waals surface area (Å²) in [7, 11) is 0. The van der Waals surface area contributed by atoms with E-state index < -0.39 is 5.97 Å². The van der Waals surface area contributed by atoms with Crippen molar-refractivity contribution in [2.45, 2.75) is 39.5 Å². The molecule has 0 saturated carbocycles. The Morgan fingerprint density at radius 2 is 1.50 bits per heavy atom. The van der Waals surface area contributed by atoms with Crippen LogP contribution in [0.3, 0.4) is 0 Å². The molecule has 2 N–H and O–H groups in total. The number of carbonyl (C=O) groups excluding carboxylic acids is 3. The first-order valence-electron chi connectivity index (χ1n) is 9.29. The molecule has 0 spiro atoms. The van der Waals surface area contributed by atoms with Crippen molar-refractivity contribution < 1.29 is 19.1 Å². The Balaban J connectivity index is 1.77. The molecule has 0 aromatic heterocycles. The Bertz CT molecular complexity index is 813. The molecule has 28 heavy (non-hydrogen) atoms. The van der Waals surface area contributed by atoms with Crippen LogP contribution in [0.25, 0.3) is 0 Å². The molecule has 0 aliphatic rings. The fourth-order valence-electron chi connectivity index (χ4n) is 2.60. The summed E-state index contributed by atoms with van der Waals surface area (Å²) in [5.74, 6) is -0.564. The second-order valence-corrected chi connectivity index (χ2v) is 6.70. The fourth-order valence-corrected chi connectivity index (χ4v) is 2.60. The van der Waals surface area contributed by atoms with E-state index in [-0.39, 0.29) is 24.8 Å². The van der Waals surface area contributed by atoms with Crippen LogP contribution in [0.5, 0.6) is 0 Å². The summed E-state index contributed by atoms with van der Waals surface area (Å²) < 4.78 is 5.03. The van der Waals surface area contributed by atoms with Gasteiger partial charge in [0.1, 0.15) is 0 Å². The fraction of sp³-hybridized carbons (Fsp3) is 0.318. The van der Waals surface area contributed by atoms with Gasteiger partial charge in [-0.2, -0.15) is 0 Å². The highest BCUT2D eigenvalue weighted by molar-refractivity contribution is 5.93. The molecule has 0 fully saturated rings. The number of carbonyl (C=O) groups is 3. The third-order valence-corrected chi connectivity index (χ3v) is 4.36. The summed E-state index contributed by atoms with van der Waals surface area (Å²) in [5, 5.41) is 5.37. The molecule has 2 rings (SSSR count). The van der Waals surface area contributed by atoms with Crippen LogP contribution in [0.15, 0.2) is 48.5 Å². The Morgan fingerprint density at radius 1 is 0.929 bits per heavy atom. The number of hydrogen-bond acceptors (Lipinski definition) is 4. The lowest BCUT2D eigenvalue weighted by molar-refractivity contribution is -0.146. The molecule has 0 aliphatic carbocycles. The quantitative estimate of drug-likeness (QED) is 0.679. The number of benzene rings is 2. The van der Waals surface area contributed by atoms with Crippen molar-refractivity contribution in [1.82, 2.24) is 0 Å². The molecule has 2 amide bonds. The lowest BCUT2D eigenvalue weighted by Gasteiger charge is -2.11. The Labute approximate surface area is 165 Å². The molecule has 148 valence electrons. The van der Waals surface area contributed by atoms with Crippen molar-refractivity contribution in [1.29, 1.82) is 0 Å². The molecule has 6 nitrogen and oxygen atoms in total. The zero-order valence-corrected chi connectivity index (χ0v) is 16.5. The van der Waals surface area contributed by atoms with Crippen LogP contribution in [0.4, 0.5) is 11.4 Å². The van der Waals surface area contributed by atoms with E-state index in [4.69, 9.17) is 4.74 Å². The van der Waals surface area contributed by atoms with Gasteiger partial charge in [0, 0.05) is 18.3 Å². The first-order valence-corrected chi connectivity index (χ1v) is 9.29. The average molecular weight is 382 g/mol. The topological polar surface area (TPSA) is 84.5 Å². The van der Waals surface area contributed by atoms with Gasteiger partial charge in [-0.1, -0.05) is 38.1 Å². The van der Waals surface area contributed by atoms with Crippen molar-refractivity contribution in [3.05, 3.63) is 59.7 Å². The zero-order chi connectivity index (χ0) is 20.5. The lowest BCUT2D eigenvalue weighted by Crippen LogP contribution is -2.21. The van der Waals surface area contributed by atoms with Crippen LogP contribution < -0.4 is 10.6 Å². The molecule has 0 saturated heterocycles. The maximum absolute atomic E-state index is 12.0. The van der Waals surface area contributed by atoms with Gasteiger partial charge in [-0.15, -0.1) is 0 Å². The van der Waals surface area contributed by atoms with E-state index in [2.05, 4.69) is 24.5 Å². The van der Waals surface area contributed by atoms with E-state index in [1.165, 1.54) is 12.5 Å². The number of rotatable bonds is 8. The molecule has 2 aromatic rings. The minimum absolute atomic E-state index is 0.0528. The van der Waals surface area contributed by atoms with Gasteiger partial charge < -0.3 is 15.4 Å². The highest BCUT2D eigenvalue weighted by atomic mass is 16.5. The van der Waals surface area contributed by atoms with Gasteiger partial charge in [0.05, 0.1) is 6.42 Å². The van der Waals surface area contributed by atoms with Gasteiger partial charge in [0.15, 0.2) is 6.61 Å². The smallest absolute Gasteiger partial charge is 0.310 e. The Morgan fingerprint density at radius 3 is 2.07 bits per heavy atom. The molecule has 2 aromatic carbocycles. The van der Waals surface area contributed by atoms with Crippen LogP contribution in [0.1, 0.15) is 44.2 Å². The summed E-state index contributed by atoms with van der Waals surface area (Å²) in [6.45, 7) is 5.37. The minimum atomic E-state index is -0.491. The second kappa shape index (κ2) is 10.3. The van der Waals surface area contributed by atoms with Crippen molar-refractivity contribution >= 4 is 29.2 Å². The highest BCUT2D eigenvalue weighted by Gasteiger charge is 2.10. The minimum Gasteiger partial charge on any atom is -0.455 e. The van der Waals surface area contributed by atoms with Crippen LogP contribution in [0, 0.1) is 0 Å². The molecule has 0 aliphatic heterocycles. The number of hydrogen-bond donors (Lipinski definition) is 2. The van der Waals surface area contributed by atoms with Gasteiger partial charge in [-0.25, -0.2) is 0 Å². The van der Waals surface area contributed by atoms with Gasteiger partial charge in [-0.3, -0.25) is 14.4 Å². The molecule has 6 heteroatoms. The number of esters is 1. The van der Waals surface area contributed by atoms with E-state index >= 15 is 0 Å². The van der Waals surface area contributed by atoms with Crippen molar-refractivity contribution in [3.8, 4) is 0 Å². The predicted octanol–water partition coefficient (Wildman–Crippen LogP) is 3.88. The SMILES string of the molecule is CC[C@@H](C)c1ccc(NC(=O)COC(=O)Cc2ccc(NC(C)=O)cc2)cc1. The maximum Gasteiger partial charge on any atom is 0.310 e. The predicted molar refractivity (Wildman–Crippen MR) is 109 cm³/mol. The van der Waals surface area contributed by atoms with Gasteiger partial charge >= 0.3 is 5.97 Å². The molecule has 0 radical (unpaired) electrons. The van der Waals surface area contributed by atoms with Crippen molar-refractivity contribution in [2.24, 2.45) is 0 Å². The molecule has 0 heterocycles. The second-order valence-electron chi connectivity index (χ2n) is 6.70. The standard InChI is InChI=1S/C22H26N2O4/c1-4-15(2)18-7-11-20(12-8-18)24-21(26)14-28-22(27)13-17-5-9-19(10-6-17)23-16(3)25/h5-12,15H,4,13-14H2,1-3H3,(H,23,25)(H,24,26)/t15-/m1/s1. The zero-order valence-electron chi connectivity index (χ0n) is 16.5. The maximum atomic E-state index is 12.0. The van der Waals surface area contributed by atoms with Crippen molar-refractivity contribution in [3.63, 3.8) is 0 Å². The summed E-state index contributed by atoms with van der Waals surface area (Å²) >= 11 is 0. The van der Waals surface area contributed by atoms with Gasteiger partial charge in [-0.05, 0) is 47.7 Å². The third kappa shape index (κ3) is 6.87. The molecular weight excluding hydrogens is 356 g/mol. The largest absolute Gasteiger partial charge is 0.455 e. The Hall–Kier alpha value is -3.15. The number of anilines is 2. The van der Waals surface area contributed by atoms with Crippen LogP contribution in [-0.4, -0.2) is 24.4 Å². The molecule has 0 unspecified atom stereocenters. The number of ether oxygens (including phenoxy) is 1. The van der Waals surface area contributed by atoms with Gasteiger partial charge in [0.2, 0.25) is 5.91 Å². The van der Waals surface area contributed by atoms with E-state index in [1.54, 1.807) is 24.3 Å². The summed E-state index contributed by atoms with van der Waals surface area (Å²) in [6.07, 6.45) is 1.11. The highest BCUT2D eigenvalue weighted by Crippen LogP contribution is 2.20. The number of amides is 2. The van der Waals surface area contributed by atoms with Crippen LogP contribution in [-0.2, 0) is 25.5 Å². The number of nitrogens with one attached hydrogen (secondary N) is 2. The summed E-state index contributed by atoms with van der Waals surface area (Å²) in [5.41, 5.74) is 3.28. The third-order valence-electron chi connectivity index (χ3n) is 4.36. The van der Waals surface area contributed by atoms with E-state index in [0.29, 0.717) is 17.3 Å².